The van der Waals surface area contributed by atoms with Gasteiger partial charge in [-0.15, -0.1) is 0 Å². The first kappa shape index (κ1) is 13.6. The first-order chi connectivity index (χ1) is 9.12. The highest BCUT2D eigenvalue weighted by molar-refractivity contribution is 7.89. The maximum absolute atomic E-state index is 12.0. The van der Waals surface area contributed by atoms with Gasteiger partial charge in [0, 0.05) is 24.9 Å². The van der Waals surface area contributed by atoms with Gasteiger partial charge in [-0.2, -0.15) is 0 Å². The minimum Gasteiger partial charge on any atom is -0.497 e. The number of hydrogen-bond donors (Lipinski definition) is 2. The number of hydrogen-bond acceptors (Lipinski definition) is 4. The standard InChI is InChI=1S/C12H15N3O3S/c1-18-11-2-4-12(5-3-11)19(16,17)15-7-6-10-8-13-9-14-10/h2-5,8-9,15H,6-7H2,1H3,(H,13,14). The Morgan fingerprint density at radius 1 is 1.32 bits per heavy atom. The van der Waals surface area contributed by atoms with E-state index in [0.717, 1.165) is 5.69 Å². The molecule has 19 heavy (non-hydrogen) atoms. The van der Waals surface area contributed by atoms with Gasteiger partial charge in [-0.25, -0.2) is 18.1 Å². The van der Waals surface area contributed by atoms with E-state index in [9.17, 15) is 8.42 Å². The van der Waals surface area contributed by atoms with Crippen LogP contribution in [0.2, 0.25) is 0 Å². The van der Waals surface area contributed by atoms with E-state index in [1.807, 2.05) is 0 Å². The predicted octanol–water partition coefficient (Wildman–Crippen LogP) is 0.939. The number of sulfonamides is 1. The Labute approximate surface area is 111 Å². The Morgan fingerprint density at radius 2 is 2.05 bits per heavy atom. The van der Waals surface area contributed by atoms with Crippen LogP contribution < -0.4 is 9.46 Å². The summed E-state index contributed by atoms with van der Waals surface area (Å²) in [5.41, 5.74) is 0.887. The molecule has 0 atom stereocenters. The monoisotopic (exact) mass is 281 g/mol. The number of aromatic amines is 1. The van der Waals surface area contributed by atoms with E-state index < -0.39 is 10.0 Å². The van der Waals surface area contributed by atoms with Gasteiger partial charge in [-0.05, 0) is 24.3 Å². The summed E-state index contributed by atoms with van der Waals surface area (Å²) in [4.78, 5) is 7.00. The average molecular weight is 281 g/mol. The van der Waals surface area contributed by atoms with Crippen LogP contribution in [-0.2, 0) is 16.4 Å². The van der Waals surface area contributed by atoms with Gasteiger partial charge in [0.1, 0.15) is 5.75 Å². The lowest BCUT2D eigenvalue weighted by Gasteiger charge is -2.06. The number of imidazole rings is 1. The molecule has 0 unspecified atom stereocenters. The summed E-state index contributed by atoms with van der Waals surface area (Å²) in [5, 5.41) is 0. The van der Waals surface area contributed by atoms with Crippen molar-refractivity contribution in [3.63, 3.8) is 0 Å². The Bertz CT molecular complexity index is 606. The Hall–Kier alpha value is -1.86. The lowest BCUT2D eigenvalue weighted by molar-refractivity contribution is 0.414. The Morgan fingerprint density at radius 3 is 2.63 bits per heavy atom. The molecule has 0 fully saturated rings. The molecule has 0 spiro atoms. The van der Waals surface area contributed by atoms with Gasteiger partial charge in [0.2, 0.25) is 10.0 Å². The molecule has 6 nitrogen and oxygen atoms in total. The molecule has 0 radical (unpaired) electrons. The number of ether oxygens (including phenoxy) is 1. The summed E-state index contributed by atoms with van der Waals surface area (Å²) >= 11 is 0. The highest BCUT2D eigenvalue weighted by Gasteiger charge is 2.13. The summed E-state index contributed by atoms with van der Waals surface area (Å²) in [7, 11) is -1.94. The van der Waals surface area contributed by atoms with Crippen LogP contribution in [0.25, 0.3) is 0 Å². The van der Waals surface area contributed by atoms with Crippen LogP contribution in [0.3, 0.4) is 0 Å². The molecule has 2 rings (SSSR count). The van der Waals surface area contributed by atoms with Crippen LogP contribution in [0.15, 0.2) is 41.7 Å². The molecule has 2 N–H and O–H groups in total. The smallest absolute Gasteiger partial charge is 0.240 e. The van der Waals surface area contributed by atoms with E-state index >= 15 is 0 Å². The molecule has 7 heteroatoms. The Kier molecular flexibility index (Phi) is 4.18. The van der Waals surface area contributed by atoms with Gasteiger partial charge in [0.25, 0.3) is 0 Å². The van der Waals surface area contributed by atoms with E-state index in [1.54, 1.807) is 24.7 Å². The lowest BCUT2D eigenvalue weighted by atomic mass is 10.3. The number of nitrogens with one attached hydrogen (secondary N) is 2. The van der Waals surface area contributed by atoms with Crippen LogP contribution in [0.4, 0.5) is 0 Å². The molecular weight excluding hydrogens is 266 g/mol. The highest BCUT2D eigenvalue weighted by Crippen LogP contribution is 2.15. The Balaban J connectivity index is 1.97. The van der Waals surface area contributed by atoms with Gasteiger partial charge in [0.05, 0.1) is 18.3 Å². The fourth-order valence-electron chi connectivity index (χ4n) is 1.58. The average Bonchev–Trinajstić information content (AvgIpc) is 2.92. The predicted molar refractivity (Wildman–Crippen MR) is 70.5 cm³/mol. The molecule has 0 amide bonds. The topological polar surface area (TPSA) is 84.1 Å². The molecule has 0 saturated heterocycles. The van der Waals surface area contributed by atoms with Crippen molar-refractivity contribution in [1.29, 1.82) is 0 Å². The molecule has 1 aromatic carbocycles. The maximum Gasteiger partial charge on any atom is 0.240 e. The number of nitrogens with zero attached hydrogens (tertiary/aromatic N) is 1. The zero-order valence-electron chi connectivity index (χ0n) is 10.5. The van der Waals surface area contributed by atoms with Gasteiger partial charge in [-0.1, -0.05) is 0 Å². The normalized spacial score (nSPS) is 11.4. The third kappa shape index (κ3) is 3.55. The molecule has 102 valence electrons. The van der Waals surface area contributed by atoms with Crippen molar-refractivity contribution in [3.05, 3.63) is 42.5 Å². The second-order valence-corrected chi connectivity index (χ2v) is 5.67. The molecular formula is C12H15N3O3S. The number of aromatic nitrogens is 2. The van der Waals surface area contributed by atoms with Gasteiger partial charge in [0.15, 0.2) is 0 Å². The van der Waals surface area contributed by atoms with Crippen LogP contribution >= 0.6 is 0 Å². The van der Waals surface area contributed by atoms with Crippen molar-refractivity contribution in [2.24, 2.45) is 0 Å². The van der Waals surface area contributed by atoms with Crippen molar-refractivity contribution in [1.82, 2.24) is 14.7 Å². The summed E-state index contributed by atoms with van der Waals surface area (Å²) in [6, 6.07) is 6.25. The molecule has 1 heterocycles. The van der Waals surface area contributed by atoms with Crippen molar-refractivity contribution >= 4 is 10.0 Å². The van der Waals surface area contributed by atoms with E-state index in [-0.39, 0.29) is 4.90 Å². The zero-order chi connectivity index (χ0) is 13.7. The number of H-pyrrole nitrogens is 1. The van der Waals surface area contributed by atoms with E-state index in [4.69, 9.17) is 4.74 Å². The first-order valence-corrected chi connectivity index (χ1v) is 7.21. The largest absolute Gasteiger partial charge is 0.497 e. The van der Waals surface area contributed by atoms with Crippen LogP contribution in [0, 0.1) is 0 Å². The van der Waals surface area contributed by atoms with E-state index in [0.29, 0.717) is 18.7 Å². The molecule has 0 aliphatic heterocycles. The maximum atomic E-state index is 12.0. The zero-order valence-corrected chi connectivity index (χ0v) is 11.3. The fraction of sp³-hybridized carbons (Fsp3) is 0.250. The third-order valence-electron chi connectivity index (χ3n) is 2.61. The van der Waals surface area contributed by atoms with Crippen molar-refractivity contribution < 1.29 is 13.2 Å². The number of methoxy groups -OCH3 is 1. The highest BCUT2D eigenvalue weighted by atomic mass is 32.2. The van der Waals surface area contributed by atoms with Gasteiger partial charge in [-0.3, -0.25) is 0 Å². The second-order valence-electron chi connectivity index (χ2n) is 3.90. The van der Waals surface area contributed by atoms with Crippen molar-refractivity contribution in [2.45, 2.75) is 11.3 Å². The van der Waals surface area contributed by atoms with Crippen molar-refractivity contribution in [2.75, 3.05) is 13.7 Å². The second kappa shape index (κ2) is 5.85. The first-order valence-electron chi connectivity index (χ1n) is 5.73. The van der Waals surface area contributed by atoms with Crippen molar-refractivity contribution in [3.8, 4) is 5.75 Å². The molecule has 1 aromatic heterocycles. The molecule has 0 bridgehead atoms. The number of rotatable bonds is 6. The van der Waals surface area contributed by atoms with Crippen LogP contribution in [0.5, 0.6) is 5.75 Å². The third-order valence-corrected chi connectivity index (χ3v) is 4.09. The summed E-state index contributed by atoms with van der Waals surface area (Å²) in [6.45, 7) is 0.316. The van der Waals surface area contributed by atoms with E-state index in [2.05, 4.69) is 14.7 Å². The summed E-state index contributed by atoms with van der Waals surface area (Å²) in [6.07, 6.45) is 3.80. The summed E-state index contributed by atoms with van der Waals surface area (Å²) < 4.78 is 31.5. The van der Waals surface area contributed by atoms with Crippen LogP contribution in [0.1, 0.15) is 5.69 Å². The molecule has 0 saturated carbocycles. The number of benzene rings is 1. The van der Waals surface area contributed by atoms with Crippen LogP contribution in [-0.4, -0.2) is 32.0 Å². The van der Waals surface area contributed by atoms with Gasteiger partial charge >= 0.3 is 0 Å². The molecule has 0 aliphatic rings. The SMILES string of the molecule is COc1ccc(S(=O)(=O)NCCc2cnc[nH]2)cc1. The lowest BCUT2D eigenvalue weighted by Crippen LogP contribution is -2.26. The van der Waals surface area contributed by atoms with E-state index in [1.165, 1.54) is 19.2 Å². The van der Waals surface area contributed by atoms with Gasteiger partial charge < -0.3 is 9.72 Å². The minimum atomic E-state index is -3.48. The fourth-order valence-corrected chi connectivity index (χ4v) is 2.61. The molecule has 0 aliphatic carbocycles. The minimum absolute atomic E-state index is 0.220. The summed E-state index contributed by atoms with van der Waals surface area (Å²) in [5.74, 6) is 0.622. The quantitative estimate of drug-likeness (QED) is 0.825. The molecule has 2 aromatic rings.